The fourth-order valence-electron chi connectivity index (χ4n) is 3.30. The fourth-order valence-corrected chi connectivity index (χ4v) is 3.30. The van der Waals surface area contributed by atoms with E-state index in [0.717, 1.165) is 30.3 Å². The van der Waals surface area contributed by atoms with E-state index in [1.807, 2.05) is 30.3 Å². The number of hydrogen-bond donors (Lipinski definition) is 2. The van der Waals surface area contributed by atoms with Gasteiger partial charge in [0.15, 0.2) is 5.96 Å². The van der Waals surface area contributed by atoms with Crippen LogP contribution in [0.5, 0.6) is 0 Å². The van der Waals surface area contributed by atoms with E-state index in [0.29, 0.717) is 17.9 Å². The lowest BCUT2D eigenvalue weighted by Gasteiger charge is -2.25. The summed E-state index contributed by atoms with van der Waals surface area (Å²) in [6.07, 6.45) is 6.96. The molecule has 0 spiro atoms. The number of rotatable bonds is 6. The number of aliphatic imine (C=N–C) groups is 1. The van der Waals surface area contributed by atoms with E-state index >= 15 is 0 Å². The molecular weight excluding hydrogens is 439 g/mol. The molecule has 0 saturated heterocycles. The number of halogens is 1. The molecule has 1 aliphatic rings. The van der Waals surface area contributed by atoms with Crippen LogP contribution in [0.4, 0.5) is 0 Å². The minimum atomic E-state index is 0. The van der Waals surface area contributed by atoms with Crippen LogP contribution in [0, 0.1) is 5.41 Å². The molecule has 1 aliphatic carbocycles. The first-order valence-corrected chi connectivity index (χ1v) is 9.20. The summed E-state index contributed by atoms with van der Waals surface area (Å²) in [5.41, 5.74) is 2.21. The average molecular weight is 468 g/mol. The third-order valence-corrected chi connectivity index (χ3v) is 4.81. The van der Waals surface area contributed by atoms with Crippen molar-refractivity contribution in [3.63, 3.8) is 0 Å². The van der Waals surface area contributed by atoms with E-state index in [1.54, 1.807) is 6.26 Å². The molecule has 1 fully saturated rings. The second-order valence-corrected chi connectivity index (χ2v) is 7.08. The molecule has 5 nitrogen and oxygen atoms in total. The van der Waals surface area contributed by atoms with Gasteiger partial charge in [0.05, 0.1) is 6.54 Å². The van der Waals surface area contributed by atoms with Gasteiger partial charge in [0.1, 0.15) is 12.0 Å². The van der Waals surface area contributed by atoms with Crippen LogP contribution in [0.15, 0.2) is 46.0 Å². The van der Waals surface area contributed by atoms with Crippen molar-refractivity contribution in [1.29, 1.82) is 0 Å². The highest BCUT2D eigenvalue weighted by molar-refractivity contribution is 14.0. The second-order valence-electron chi connectivity index (χ2n) is 7.08. The van der Waals surface area contributed by atoms with Crippen molar-refractivity contribution >= 4 is 29.9 Å². The first-order chi connectivity index (χ1) is 12.2. The Kier molecular flexibility index (Phi) is 7.93. The molecule has 0 amide bonds. The van der Waals surface area contributed by atoms with Gasteiger partial charge < -0.3 is 15.1 Å². The summed E-state index contributed by atoms with van der Waals surface area (Å²) >= 11 is 0. The van der Waals surface area contributed by atoms with Crippen molar-refractivity contribution < 1.29 is 4.42 Å². The minimum Gasteiger partial charge on any atom is -0.444 e. The summed E-state index contributed by atoms with van der Waals surface area (Å²) in [6.45, 7) is 6.75. The van der Waals surface area contributed by atoms with Gasteiger partial charge in [-0.05, 0) is 37.3 Å². The van der Waals surface area contributed by atoms with Crippen molar-refractivity contribution in [2.75, 3.05) is 13.1 Å². The number of benzene rings is 1. The van der Waals surface area contributed by atoms with E-state index in [2.05, 4.69) is 34.5 Å². The zero-order valence-corrected chi connectivity index (χ0v) is 18.0. The van der Waals surface area contributed by atoms with Gasteiger partial charge in [0.2, 0.25) is 5.89 Å². The Morgan fingerprint density at radius 1 is 1.19 bits per heavy atom. The van der Waals surface area contributed by atoms with Gasteiger partial charge in [-0.15, -0.1) is 24.0 Å². The number of guanidine groups is 1. The van der Waals surface area contributed by atoms with Crippen LogP contribution in [0.3, 0.4) is 0 Å². The van der Waals surface area contributed by atoms with E-state index < -0.39 is 0 Å². The zero-order chi connectivity index (χ0) is 17.5. The van der Waals surface area contributed by atoms with E-state index in [4.69, 9.17) is 4.42 Å². The van der Waals surface area contributed by atoms with Gasteiger partial charge in [0, 0.05) is 18.7 Å². The van der Waals surface area contributed by atoms with Crippen molar-refractivity contribution in [2.45, 2.75) is 46.1 Å². The highest BCUT2D eigenvalue weighted by Crippen LogP contribution is 2.36. The molecule has 2 N–H and O–H groups in total. The Bertz CT molecular complexity index is 693. The molecule has 26 heavy (non-hydrogen) atoms. The van der Waals surface area contributed by atoms with Gasteiger partial charge in [-0.25, -0.2) is 9.98 Å². The highest BCUT2D eigenvalue weighted by atomic mass is 127. The average Bonchev–Trinajstić information content (AvgIpc) is 3.28. The lowest BCUT2D eigenvalue weighted by molar-refractivity contribution is 0.334. The largest absolute Gasteiger partial charge is 0.444 e. The summed E-state index contributed by atoms with van der Waals surface area (Å²) < 4.78 is 5.58. The molecule has 1 saturated carbocycles. The topological polar surface area (TPSA) is 62.5 Å². The first-order valence-electron chi connectivity index (χ1n) is 9.20. The summed E-state index contributed by atoms with van der Waals surface area (Å²) in [6, 6.07) is 9.93. The normalized spacial score (nSPS) is 16.2. The van der Waals surface area contributed by atoms with Gasteiger partial charge in [0.25, 0.3) is 0 Å². The quantitative estimate of drug-likeness (QED) is 0.370. The predicted molar refractivity (Wildman–Crippen MR) is 117 cm³/mol. The van der Waals surface area contributed by atoms with Crippen LogP contribution in [0.1, 0.15) is 45.2 Å². The third kappa shape index (κ3) is 5.72. The third-order valence-electron chi connectivity index (χ3n) is 4.81. The predicted octanol–water partition coefficient (Wildman–Crippen LogP) is 4.60. The molecular formula is C20H29IN4O. The molecule has 1 aromatic carbocycles. The number of oxazole rings is 1. The van der Waals surface area contributed by atoms with Gasteiger partial charge in [-0.2, -0.15) is 0 Å². The molecule has 2 aromatic rings. The van der Waals surface area contributed by atoms with Gasteiger partial charge in [-0.3, -0.25) is 0 Å². The number of nitrogens with zero attached hydrogens (tertiary/aromatic N) is 2. The Morgan fingerprint density at radius 3 is 2.62 bits per heavy atom. The Hall–Kier alpha value is -1.57. The molecule has 0 unspecified atom stereocenters. The lowest BCUT2D eigenvalue weighted by Crippen LogP contribution is -2.42. The fraction of sp³-hybridized carbons (Fsp3) is 0.500. The van der Waals surface area contributed by atoms with E-state index in [-0.39, 0.29) is 24.0 Å². The SMILES string of the molecule is CCNC(=NCc1coc(-c2ccccc2)n1)NCC1(C)CCCC1.I. The van der Waals surface area contributed by atoms with E-state index in [1.165, 1.54) is 25.7 Å². The first kappa shape index (κ1) is 20.7. The van der Waals surface area contributed by atoms with Crippen LogP contribution in [0.25, 0.3) is 11.5 Å². The molecule has 142 valence electrons. The lowest BCUT2D eigenvalue weighted by atomic mass is 9.89. The monoisotopic (exact) mass is 468 g/mol. The Morgan fingerprint density at radius 2 is 1.92 bits per heavy atom. The van der Waals surface area contributed by atoms with Crippen LogP contribution in [0.2, 0.25) is 0 Å². The second kappa shape index (κ2) is 9.94. The van der Waals surface area contributed by atoms with Crippen molar-refractivity contribution in [3.8, 4) is 11.5 Å². The molecule has 1 aromatic heterocycles. The van der Waals surface area contributed by atoms with E-state index in [9.17, 15) is 0 Å². The maximum absolute atomic E-state index is 5.58. The van der Waals surface area contributed by atoms with Crippen molar-refractivity contribution in [1.82, 2.24) is 15.6 Å². The molecule has 0 radical (unpaired) electrons. The standard InChI is InChI=1S/C20H28N4O.HI/c1-3-21-19(23-15-20(2)11-7-8-12-20)22-13-17-14-25-18(24-17)16-9-5-4-6-10-16;/h4-6,9-10,14H,3,7-8,11-13,15H2,1-2H3,(H2,21,22,23);1H. The molecule has 1 heterocycles. The maximum atomic E-state index is 5.58. The highest BCUT2D eigenvalue weighted by Gasteiger charge is 2.28. The number of aromatic nitrogens is 1. The van der Waals surface area contributed by atoms with Crippen molar-refractivity contribution in [3.05, 3.63) is 42.3 Å². The molecule has 0 aliphatic heterocycles. The molecule has 3 rings (SSSR count). The van der Waals surface area contributed by atoms with Crippen LogP contribution >= 0.6 is 24.0 Å². The Labute approximate surface area is 173 Å². The summed E-state index contributed by atoms with van der Waals surface area (Å²) in [4.78, 5) is 9.19. The molecule has 0 atom stereocenters. The van der Waals surface area contributed by atoms with Crippen LogP contribution in [-0.2, 0) is 6.54 Å². The smallest absolute Gasteiger partial charge is 0.226 e. The number of nitrogens with one attached hydrogen (secondary N) is 2. The van der Waals surface area contributed by atoms with Crippen LogP contribution in [-0.4, -0.2) is 24.0 Å². The Balaban J connectivity index is 0.00000243. The summed E-state index contributed by atoms with van der Waals surface area (Å²) in [5.74, 6) is 1.49. The summed E-state index contributed by atoms with van der Waals surface area (Å²) in [7, 11) is 0. The number of hydrogen-bond acceptors (Lipinski definition) is 3. The molecule has 0 bridgehead atoms. The van der Waals surface area contributed by atoms with Gasteiger partial charge >= 0.3 is 0 Å². The van der Waals surface area contributed by atoms with Crippen molar-refractivity contribution in [2.24, 2.45) is 10.4 Å². The molecule has 6 heteroatoms. The minimum absolute atomic E-state index is 0. The maximum Gasteiger partial charge on any atom is 0.226 e. The van der Waals surface area contributed by atoms with Gasteiger partial charge in [-0.1, -0.05) is 38.0 Å². The van der Waals surface area contributed by atoms with Crippen LogP contribution < -0.4 is 10.6 Å². The summed E-state index contributed by atoms with van der Waals surface area (Å²) in [5, 5.41) is 6.81. The zero-order valence-electron chi connectivity index (χ0n) is 15.6.